The molecule has 0 spiro atoms. The van der Waals surface area contributed by atoms with Gasteiger partial charge in [-0.05, 0) is 25.7 Å². The number of carbonyl (C=O) groups excluding carboxylic acids is 1. The fraction of sp³-hybridized carbons (Fsp3) is 0.955. The maximum Gasteiger partial charge on any atom is 0.305 e. The molecule has 0 aliphatic rings. The third-order valence-corrected chi connectivity index (χ3v) is 4.95. The van der Waals surface area contributed by atoms with E-state index in [1.165, 1.54) is 19.3 Å². The summed E-state index contributed by atoms with van der Waals surface area (Å²) in [7, 11) is 0. The number of unbranched alkanes of at least 4 members (excludes halogenated alkanes) is 10. The molecule has 0 aromatic rings. The first-order valence-electron chi connectivity index (χ1n) is 11.2. The standard InChI is InChI=1S/C22H44O5/c1-20(18-24)19-27-22(26)16-12-8-3-2-6-10-14-21(25)15-11-7-4-5-9-13-17-23/h20-21,23-25H,2-19H2,1H3. The highest BCUT2D eigenvalue weighted by Gasteiger charge is 2.07. The second-order valence-corrected chi connectivity index (χ2v) is 7.92. The predicted octanol–water partition coefficient (Wildman–Crippen LogP) is 4.36. The normalized spacial score (nSPS) is 13.5. The molecule has 3 N–H and O–H groups in total. The number of hydrogen-bond acceptors (Lipinski definition) is 5. The smallest absolute Gasteiger partial charge is 0.305 e. The van der Waals surface area contributed by atoms with Gasteiger partial charge in [0.2, 0.25) is 0 Å². The van der Waals surface area contributed by atoms with Gasteiger partial charge < -0.3 is 20.1 Å². The van der Waals surface area contributed by atoms with Gasteiger partial charge in [0.05, 0.1) is 12.7 Å². The van der Waals surface area contributed by atoms with Gasteiger partial charge in [-0.25, -0.2) is 0 Å². The van der Waals surface area contributed by atoms with Gasteiger partial charge in [-0.3, -0.25) is 4.79 Å². The minimum Gasteiger partial charge on any atom is -0.465 e. The third kappa shape index (κ3) is 19.9. The van der Waals surface area contributed by atoms with Crippen LogP contribution in [-0.2, 0) is 9.53 Å². The lowest BCUT2D eigenvalue weighted by atomic mass is 10.0. The minimum atomic E-state index is -0.160. The molecule has 0 aromatic heterocycles. The summed E-state index contributed by atoms with van der Waals surface area (Å²) in [5, 5.41) is 27.6. The molecule has 0 aliphatic heterocycles. The van der Waals surface area contributed by atoms with E-state index in [1.807, 2.05) is 6.92 Å². The average molecular weight is 389 g/mol. The molecule has 27 heavy (non-hydrogen) atoms. The molecule has 5 heteroatoms. The first kappa shape index (κ1) is 26.4. The summed E-state index contributed by atoms with van der Waals surface area (Å²) in [6, 6.07) is 0. The van der Waals surface area contributed by atoms with Gasteiger partial charge in [0.15, 0.2) is 0 Å². The summed E-state index contributed by atoms with van der Waals surface area (Å²) in [6.07, 6.45) is 15.3. The van der Waals surface area contributed by atoms with E-state index in [0.717, 1.165) is 70.6 Å². The zero-order valence-corrected chi connectivity index (χ0v) is 17.5. The molecule has 0 bridgehead atoms. The summed E-state index contributed by atoms with van der Waals surface area (Å²) >= 11 is 0. The lowest BCUT2D eigenvalue weighted by molar-refractivity contribution is -0.145. The Bertz CT molecular complexity index is 322. The number of hydrogen-bond donors (Lipinski definition) is 3. The van der Waals surface area contributed by atoms with Gasteiger partial charge in [-0.2, -0.15) is 0 Å². The first-order chi connectivity index (χ1) is 13.1. The van der Waals surface area contributed by atoms with Crippen molar-refractivity contribution < 1.29 is 24.9 Å². The molecule has 0 saturated carbocycles. The molecule has 5 nitrogen and oxygen atoms in total. The lowest BCUT2D eigenvalue weighted by Gasteiger charge is -2.10. The molecule has 0 fully saturated rings. The third-order valence-electron chi connectivity index (χ3n) is 4.95. The molecule has 0 heterocycles. The van der Waals surface area contributed by atoms with Crippen LogP contribution in [0, 0.1) is 5.92 Å². The monoisotopic (exact) mass is 388 g/mol. The highest BCUT2D eigenvalue weighted by atomic mass is 16.5. The van der Waals surface area contributed by atoms with E-state index in [4.69, 9.17) is 14.9 Å². The Balaban J connectivity index is 3.28. The molecule has 0 rings (SSSR count). The molecule has 0 saturated heterocycles. The first-order valence-corrected chi connectivity index (χ1v) is 11.2. The van der Waals surface area contributed by atoms with Crippen LogP contribution >= 0.6 is 0 Å². The van der Waals surface area contributed by atoms with Crippen LogP contribution in [0.1, 0.15) is 103 Å². The molecule has 0 radical (unpaired) electrons. The van der Waals surface area contributed by atoms with Crippen molar-refractivity contribution in [1.29, 1.82) is 0 Å². The van der Waals surface area contributed by atoms with Crippen LogP contribution in [0.2, 0.25) is 0 Å². The molecule has 162 valence electrons. The van der Waals surface area contributed by atoms with Gasteiger partial charge in [0.25, 0.3) is 0 Å². The Morgan fingerprint density at radius 2 is 1.26 bits per heavy atom. The van der Waals surface area contributed by atoms with E-state index in [1.54, 1.807) is 0 Å². The Hall–Kier alpha value is -0.650. The van der Waals surface area contributed by atoms with Crippen molar-refractivity contribution in [3.63, 3.8) is 0 Å². The van der Waals surface area contributed by atoms with Crippen molar-refractivity contribution in [2.45, 2.75) is 109 Å². The van der Waals surface area contributed by atoms with Crippen molar-refractivity contribution in [2.24, 2.45) is 5.92 Å². The number of ether oxygens (including phenoxy) is 1. The molecule has 0 aromatic carbocycles. The van der Waals surface area contributed by atoms with Gasteiger partial charge in [0.1, 0.15) is 0 Å². The molecule has 0 amide bonds. The summed E-state index contributed by atoms with van der Waals surface area (Å²) in [4.78, 5) is 11.5. The molecular weight excluding hydrogens is 344 g/mol. The topological polar surface area (TPSA) is 87.0 Å². The van der Waals surface area contributed by atoms with Gasteiger partial charge in [-0.15, -0.1) is 0 Å². The zero-order valence-electron chi connectivity index (χ0n) is 17.5. The second-order valence-electron chi connectivity index (χ2n) is 7.92. The number of carbonyl (C=O) groups is 1. The molecular formula is C22H44O5. The maximum absolute atomic E-state index is 11.5. The average Bonchev–Trinajstić information content (AvgIpc) is 2.67. The summed E-state index contributed by atoms with van der Waals surface area (Å²) < 4.78 is 5.09. The van der Waals surface area contributed by atoms with Gasteiger partial charge in [-0.1, -0.05) is 71.1 Å². The fourth-order valence-corrected chi connectivity index (χ4v) is 3.06. The highest BCUT2D eigenvalue weighted by molar-refractivity contribution is 5.69. The van der Waals surface area contributed by atoms with Crippen molar-refractivity contribution in [1.82, 2.24) is 0 Å². The Kier molecular flexibility index (Phi) is 19.6. The van der Waals surface area contributed by atoms with Crippen LogP contribution in [-0.4, -0.2) is 47.2 Å². The van der Waals surface area contributed by atoms with Crippen molar-refractivity contribution in [3.8, 4) is 0 Å². The summed E-state index contributed by atoms with van der Waals surface area (Å²) in [5.41, 5.74) is 0. The van der Waals surface area contributed by atoms with Crippen LogP contribution in [0.3, 0.4) is 0 Å². The van der Waals surface area contributed by atoms with Crippen LogP contribution in [0.15, 0.2) is 0 Å². The predicted molar refractivity (Wildman–Crippen MR) is 110 cm³/mol. The molecule has 2 atom stereocenters. The van der Waals surface area contributed by atoms with Crippen LogP contribution in [0.4, 0.5) is 0 Å². The second kappa shape index (κ2) is 20.1. The van der Waals surface area contributed by atoms with Crippen molar-refractivity contribution >= 4 is 5.97 Å². The Morgan fingerprint density at radius 3 is 1.78 bits per heavy atom. The van der Waals surface area contributed by atoms with Gasteiger partial charge >= 0.3 is 5.97 Å². The largest absolute Gasteiger partial charge is 0.465 e. The van der Waals surface area contributed by atoms with E-state index < -0.39 is 0 Å². The summed E-state index contributed by atoms with van der Waals surface area (Å²) in [5.74, 6) is -0.145. The van der Waals surface area contributed by atoms with Crippen LogP contribution < -0.4 is 0 Å². The minimum absolute atomic E-state index is 0.0150. The van der Waals surface area contributed by atoms with E-state index >= 15 is 0 Å². The lowest BCUT2D eigenvalue weighted by Crippen LogP contribution is -2.14. The number of rotatable bonds is 20. The van der Waals surface area contributed by atoms with Crippen molar-refractivity contribution in [3.05, 3.63) is 0 Å². The number of aliphatic hydroxyl groups is 3. The Labute approximate surface area is 166 Å². The Morgan fingerprint density at radius 1 is 0.778 bits per heavy atom. The quantitative estimate of drug-likeness (QED) is 0.213. The SMILES string of the molecule is CC(CO)COC(=O)CCCCCCCCC(O)CCCCCCCCO. The maximum atomic E-state index is 11.5. The summed E-state index contributed by atoms with van der Waals surface area (Å²) in [6.45, 7) is 2.51. The highest BCUT2D eigenvalue weighted by Crippen LogP contribution is 2.14. The van der Waals surface area contributed by atoms with Crippen molar-refractivity contribution in [2.75, 3.05) is 19.8 Å². The van der Waals surface area contributed by atoms with Gasteiger partial charge in [0, 0.05) is 25.6 Å². The number of esters is 1. The molecule has 0 aliphatic carbocycles. The van der Waals surface area contributed by atoms with E-state index in [0.29, 0.717) is 19.6 Å². The van der Waals surface area contributed by atoms with Crippen LogP contribution in [0.5, 0.6) is 0 Å². The number of aliphatic hydroxyl groups excluding tert-OH is 3. The fourth-order valence-electron chi connectivity index (χ4n) is 3.06. The van der Waals surface area contributed by atoms with E-state index in [9.17, 15) is 9.90 Å². The van der Waals surface area contributed by atoms with Crippen LogP contribution in [0.25, 0.3) is 0 Å². The van der Waals surface area contributed by atoms with E-state index in [-0.39, 0.29) is 24.6 Å². The molecule has 2 unspecified atom stereocenters. The zero-order chi connectivity index (χ0) is 20.2. The van der Waals surface area contributed by atoms with E-state index in [2.05, 4.69) is 0 Å².